The van der Waals surface area contributed by atoms with Crippen LogP contribution in [0.1, 0.15) is 20.7 Å². The van der Waals surface area contributed by atoms with Crippen molar-refractivity contribution < 1.29 is 63.9 Å². The van der Waals surface area contributed by atoms with Crippen molar-refractivity contribution >= 4 is 11.9 Å². The predicted octanol–water partition coefficient (Wildman–Crippen LogP) is -1.67. The van der Waals surface area contributed by atoms with Crippen molar-refractivity contribution in [1.82, 2.24) is 0 Å². The highest BCUT2D eigenvalue weighted by atomic mass is 16.8. The average Bonchev–Trinajstić information content (AvgIpc) is 3.23. The van der Waals surface area contributed by atoms with Crippen molar-refractivity contribution in [2.75, 3.05) is 19.8 Å². The molecule has 0 aromatic heterocycles. The Labute approximate surface area is 222 Å². The van der Waals surface area contributed by atoms with Gasteiger partial charge in [0.25, 0.3) is 0 Å². The molecule has 0 amide bonds. The van der Waals surface area contributed by atoms with Gasteiger partial charge in [0, 0.05) is 0 Å². The number of aliphatic hydroxyl groups excluding tert-OH is 6. The van der Waals surface area contributed by atoms with Gasteiger partial charge in [-0.1, -0.05) is 36.4 Å². The van der Waals surface area contributed by atoms with E-state index in [1.807, 2.05) is 0 Å². The molecule has 2 fully saturated rings. The number of aliphatic hydroxyl groups is 6. The maximum atomic E-state index is 12.7. The Morgan fingerprint density at radius 2 is 1.28 bits per heavy atom. The van der Waals surface area contributed by atoms with Crippen LogP contribution < -0.4 is 0 Å². The molecule has 13 nitrogen and oxygen atoms in total. The molecule has 2 heterocycles. The molecule has 212 valence electrons. The van der Waals surface area contributed by atoms with Crippen LogP contribution in [0, 0.1) is 0 Å². The third-order valence-corrected chi connectivity index (χ3v) is 6.51. The Kier molecular flexibility index (Phi) is 9.27. The summed E-state index contributed by atoms with van der Waals surface area (Å²) in [7, 11) is 0. The third-order valence-electron chi connectivity index (χ3n) is 6.51. The van der Waals surface area contributed by atoms with Crippen LogP contribution in [0.3, 0.4) is 0 Å². The lowest BCUT2D eigenvalue weighted by Crippen LogP contribution is -2.63. The van der Waals surface area contributed by atoms with Gasteiger partial charge in [-0.2, -0.15) is 0 Å². The minimum absolute atomic E-state index is 0.108. The van der Waals surface area contributed by atoms with E-state index in [0.29, 0.717) is 0 Å². The van der Waals surface area contributed by atoms with Crippen molar-refractivity contribution in [3.63, 3.8) is 0 Å². The molecule has 0 bridgehead atoms. The quantitative estimate of drug-likeness (QED) is 0.194. The number of rotatable bonds is 9. The van der Waals surface area contributed by atoms with Crippen LogP contribution >= 0.6 is 0 Å². The number of carbonyl (C=O) groups is 2. The zero-order chi connectivity index (χ0) is 28.2. The largest absolute Gasteiger partial charge is 0.453 e. The summed E-state index contributed by atoms with van der Waals surface area (Å²) in [5.74, 6) is -4.12. The molecule has 0 radical (unpaired) electrons. The number of ether oxygens (including phenoxy) is 5. The van der Waals surface area contributed by atoms with Crippen LogP contribution in [-0.2, 0) is 23.7 Å². The Hall–Kier alpha value is -2.98. The number of esters is 2. The lowest BCUT2D eigenvalue weighted by atomic mass is 9.98. The van der Waals surface area contributed by atoms with Gasteiger partial charge in [0.15, 0.2) is 18.5 Å². The molecule has 9 unspecified atom stereocenters. The zero-order valence-electron chi connectivity index (χ0n) is 20.6. The highest BCUT2D eigenvalue weighted by Gasteiger charge is 2.61. The molecule has 4 rings (SSSR count). The van der Waals surface area contributed by atoms with Crippen LogP contribution in [0.5, 0.6) is 0 Å². The molecule has 0 spiro atoms. The van der Waals surface area contributed by atoms with Gasteiger partial charge < -0.3 is 54.3 Å². The standard InChI is InChI=1S/C26H30O13/c27-11-16-18(30)22(37-24(34)15-9-5-2-6-10-15)26(13-29,38-16)39-25-20(32)19(31)21(17(12-28)35-25)36-23(33)14-7-3-1-4-8-14/h1-10,16-22,25,27-32H,11-13H2. The second kappa shape index (κ2) is 12.5. The van der Waals surface area contributed by atoms with E-state index in [2.05, 4.69) is 0 Å². The molecule has 2 aromatic carbocycles. The molecule has 2 saturated heterocycles. The normalized spacial score (nSPS) is 34.4. The van der Waals surface area contributed by atoms with Crippen LogP contribution in [-0.4, -0.2) is 117 Å². The van der Waals surface area contributed by atoms with Gasteiger partial charge in [-0.3, -0.25) is 0 Å². The van der Waals surface area contributed by atoms with Crippen molar-refractivity contribution in [2.24, 2.45) is 0 Å². The van der Waals surface area contributed by atoms with Crippen LogP contribution in [0.15, 0.2) is 60.7 Å². The summed E-state index contributed by atoms with van der Waals surface area (Å²) in [5.41, 5.74) is 0.261. The van der Waals surface area contributed by atoms with Gasteiger partial charge >= 0.3 is 11.9 Å². The minimum atomic E-state index is -2.36. The van der Waals surface area contributed by atoms with Gasteiger partial charge in [-0.15, -0.1) is 0 Å². The molecule has 13 heteroatoms. The Morgan fingerprint density at radius 1 is 0.744 bits per heavy atom. The summed E-state index contributed by atoms with van der Waals surface area (Å²) in [4.78, 5) is 25.2. The molecule has 6 N–H and O–H groups in total. The summed E-state index contributed by atoms with van der Waals surface area (Å²) in [6.07, 6.45) is -13.3. The minimum Gasteiger partial charge on any atom is -0.453 e. The van der Waals surface area contributed by atoms with Gasteiger partial charge in [-0.05, 0) is 24.3 Å². The fourth-order valence-corrected chi connectivity index (χ4v) is 4.43. The van der Waals surface area contributed by atoms with E-state index < -0.39 is 86.6 Å². The Balaban J connectivity index is 1.54. The molecule has 0 saturated carbocycles. The Morgan fingerprint density at radius 3 is 1.79 bits per heavy atom. The second-order valence-electron chi connectivity index (χ2n) is 9.05. The SMILES string of the molecule is O=C(OC1C(CO)OC(OC2(CO)OC(CO)C(O)C2OC(=O)c2ccccc2)C(O)C1O)c1ccccc1. The van der Waals surface area contributed by atoms with Crippen molar-refractivity contribution in [3.05, 3.63) is 71.8 Å². The zero-order valence-corrected chi connectivity index (χ0v) is 20.6. The highest BCUT2D eigenvalue weighted by molar-refractivity contribution is 5.90. The van der Waals surface area contributed by atoms with E-state index >= 15 is 0 Å². The van der Waals surface area contributed by atoms with E-state index in [4.69, 9.17) is 23.7 Å². The van der Waals surface area contributed by atoms with Crippen LogP contribution in [0.25, 0.3) is 0 Å². The predicted molar refractivity (Wildman–Crippen MR) is 128 cm³/mol. The van der Waals surface area contributed by atoms with Crippen molar-refractivity contribution in [2.45, 2.75) is 54.8 Å². The average molecular weight is 551 g/mol. The lowest BCUT2D eigenvalue weighted by molar-refractivity contribution is -0.382. The van der Waals surface area contributed by atoms with Crippen LogP contribution in [0.4, 0.5) is 0 Å². The smallest absolute Gasteiger partial charge is 0.338 e. The monoisotopic (exact) mass is 550 g/mol. The number of carbonyl (C=O) groups excluding carboxylic acids is 2. The maximum absolute atomic E-state index is 12.7. The summed E-state index contributed by atoms with van der Waals surface area (Å²) < 4.78 is 27.5. The molecular weight excluding hydrogens is 520 g/mol. The summed E-state index contributed by atoms with van der Waals surface area (Å²) >= 11 is 0. The third kappa shape index (κ3) is 5.96. The molecule has 9 atom stereocenters. The van der Waals surface area contributed by atoms with E-state index in [-0.39, 0.29) is 11.1 Å². The summed E-state index contributed by atoms with van der Waals surface area (Å²) in [6.45, 7) is -2.58. The second-order valence-corrected chi connectivity index (χ2v) is 9.05. The maximum Gasteiger partial charge on any atom is 0.338 e. The summed E-state index contributed by atoms with van der Waals surface area (Å²) in [6, 6.07) is 15.5. The first-order valence-corrected chi connectivity index (χ1v) is 12.1. The van der Waals surface area contributed by atoms with Gasteiger partial charge in [0.2, 0.25) is 5.79 Å². The molecule has 2 aliphatic heterocycles. The molecule has 39 heavy (non-hydrogen) atoms. The topological polar surface area (TPSA) is 202 Å². The first-order valence-electron chi connectivity index (χ1n) is 12.1. The highest BCUT2D eigenvalue weighted by Crippen LogP contribution is 2.38. The summed E-state index contributed by atoms with van der Waals surface area (Å²) in [5, 5.41) is 62.0. The molecule has 0 aliphatic carbocycles. The van der Waals surface area contributed by atoms with E-state index in [1.54, 1.807) is 36.4 Å². The van der Waals surface area contributed by atoms with Gasteiger partial charge in [-0.25, -0.2) is 9.59 Å². The Bertz CT molecular complexity index is 1100. The number of hydrogen-bond donors (Lipinski definition) is 6. The van der Waals surface area contributed by atoms with Crippen LogP contribution in [0.2, 0.25) is 0 Å². The fourth-order valence-electron chi connectivity index (χ4n) is 4.43. The van der Waals surface area contributed by atoms with E-state index in [9.17, 15) is 40.2 Å². The number of benzene rings is 2. The van der Waals surface area contributed by atoms with Gasteiger partial charge in [0.1, 0.15) is 37.1 Å². The molecular formula is C26H30O13. The van der Waals surface area contributed by atoms with Gasteiger partial charge in [0.05, 0.1) is 24.3 Å². The lowest BCUT2D eigenvalue weighted by Gasteiger charge is -2.44. The first-order chi connectivity index (χ1) is 18.7. The van der Waals surface area contributed by atoms with E-state index in [0.717, 1.165) is 0 Å². The van der Waals surface area contributed by atoms with E-state index in [1.165, 1.54) is 24.3 Å². The molecule has 2 aromatic rings. The fraction of sp³-hybridized carbons (Fsp3) is 0.462. The van der Waals surface area contributed by atoms with Crippen molar-refractivity contribution in [1.29, 1.82) is 0 Å². The van der Waals surface area contributed by atoms with Crippen molar-refractivity contribution in [3.8, 4) is 0 Å². The number of hydrogen-bond acceptors (Lipinski definition) is 13. The first kappa shape index (κ1) is 29.0. The molecule has 2 aliphatic rings.